The van der Waals surface area contributed by atoms with Gasteiger partial charge >= 0.3 is 0 Å². The molecule has 0 amide bonds. The van der Waals surface area contributed by atoms with E-state index >= 15 is 0 Å². The summed E-state index contributed by atoms with van der Waals surface area (Å²) >= 11 is 6.42. The maximum atomic E-state index is 14.8. The number of hydrogen-bond donors (Lipinski definition) is 3. The van der Waals surface area contributed by atoms with E-state index in [4.69, 9.17) is 25.5 Å². The lowest BCUT2D eigenvalue weighted by atomic mass is 9.92. The lowest BCUT2D eigenvalue weighted by Crippen LogP contribution is -2.47. The Morgan fingerprint density at radius 1 is 1.03 bits per heavy atom. The van der Waals surface area contributed by atoms with Crippen LogP contribution >= 0.6 is 11.6 Å². The van der Waals surface area contributed by atoms with Gasteiger partial charge in [-0.25, -0.2) is 4.39 Å². The van der Waals surface area contributed by atoms with Crippen molar-refractivity contribution < 1.29 is 33.6 Å². The van der Waals surface area contributed by atoms with Gasteiger partial charge in [-0.05, 0) is 53.4 Å². The smallest absolute Gasteiger partial charge is 0.165 e. The molecule has 0 aliphatic carbocycles. The molecule has 0 saturated carbocycles. The third kappa shape index (κ3) is 5.26. The molecule has 1 saturated heterocycles. The highest BCUT2D eigenvalue weighted by Crippen LogP contribution is 2.34. The summed E-state index contributed by atoms with van der Waals surface area (Å²) < 4.78 is 31.9. The number of fused-ring (bicyclic) bond motifs is 1. The van der Waals surface area contributed by atoms with E-state index in [1.54, 1.807) is 24.3 Å². The third-order valence-corrected chi connectivity index (χ3v) is 6.80. The van der Waals surface area contributed by atoms with Crippen LogP contribution in [0.25, 0.3) is 11.0 Å². The van der Waals surface area contributed by atoms with Crippen LogP contribution < -0.4 is 4.74 Å². The lowest BCUT2D eigenvalue weighted by molar-refractivity contribution is -0.181. The van der Waals surface area contributed by atoms with E-state index in [0.29, 0.717) is 22.8 Å². The molecule has 1 aromatic heterocycles. The van der Waals surface area contributed by atoms with E-state index in [1.807, 2.05) is 36.4 Å². The van der Waals surface area contributed by atoms with Crippen molar-refractivity contribution in [2.45, 2.75) is 43.9 Å². The molecule has 3 N–H and O–H groups in total. The van der Waals surface area contributed by atoms with Gasteiger partial charge in [-0.15, -0.1) is 0 Å². The van der Waals surface area contributed by atoms with Crippen LogP contribution in [-0.2, 0) is 17.8 Å². The highest BCUT2D eigenvalue weighted by atomic mass is 35.5. The fraction of sp³-hybridized carbons (Fsp3) is 0.286. The van der Waals surface area contributed by atoms with Crippen molar-refractivity contribution in [2.75, 3.05) is 6.61 Å². The Bertz CT molecular complexity index is 1320. The number of aliphatic hydroxyl groups is 3. The maximum Gasteiger partial charge on any atom is 0.165 e. The predicted molar refractivity (Wildman–Crippen MR) is 133 cm³/mol. The molecule has 8 heteroatoms. The topological polar surface area (TPSA) is 92.3 Å². The van der Waals surface area contributed by atoms with Crippen LogP contribution in [0.15, 0.2) is 71.1 Å². The summed E-state index contributed by atoms with van der Waals surface area (Å²) in [7, 11) is 0. The minimum absolute atomic E-state index is 0.107. The molecule has 188 valence electrons. The maximum absolute atomic E-state index is 14.8. The van der Waals surface area contributed by atoms with Crippen LogP contribution in [-0.4, -0.2) is 40.2 Å². The van der Waals surface area contributed by atoms with E-state index in [1.165, 1.54) is 6.07 Å². The summed E-state index contributed by atoms with van der Waals surface area (Å²) in [6, 6.07) is 19.6. The molecule has 1 fully saturated rings. The van der Waals surface area contributed by atoms with Gasteiger partial charge in [0.15, 0.2) is 11.6 Å². The van der Waals surface area contributed by atoms with E-state index in [-0.39, 0.29) is 18.8 Å². The van der Waals surface area contributed by atoms with Crippen LogP contribution in [0, 0.1) is 5.82 Å². The average molecular weight is 513 g/mol. The molecule has 36 heavy (non-hydrogen) atoms. The van der Waals surface area contributed by atoms with Gasteiger partial charge in [-0.2, -0.15) is 0 Å². The number of aliphatic hydroxyl groups excluding tert-OH is 3. The summed E-state index contributed by atoms with van der Waals surface area (Å²) in [6.07, 6.45) is -2.99. The molecule has 6 nitrogen and oxygen atoms in total. The van der Waals surface area contributed by atoms with Crippen molar-refractivity contribution in [2.24, 2.45) is 0 Å². The molecule has 2 heterocycles. The van der Waals surface area contributed by atoms with Crippen LogP contribution in [0.2, 0.25) is 5.02 Å². The molecule has 0 spiro atoms. The van der Waals surface area contributed by atoms with E-state index in [2.05, 4.69) is 0 Å². The highest BCUT2D eigenvalue weighted by molar-refractivity contribution is 6.31. The van der Waals surface area contributed by atoms with Gasteiger partial charge in [0.25, 0.3) is 0 Å². The van der Waals surface area contributed by atoms with E-state index < -0.39 is 36.8 Å². The summed E-state index contributed by atoms with van der Waals surface area (Å²) in [5.41, 5.74) is 2.97. The minimum atomic E-state index is -1.14. The first kappa shape index (κ1) is 24.7. The fourth-order valence-corrected chi connectivity index (χ4v) is 4.68. The highest BCUT2D eigenvalue weighted by Gasteiger charge is 2.37. The molecule has 4 aromatic rings. The zero-order valence-corrected chi connectivity index (χ0v) is 20.1. The fourth-order valence-electron chi connectivity index (χ4n) is 4.50. The molecule has 3 aromatic carbocycles. The largest absolute Gasteiger partial charge is 0.483 e. The van der Waals surface area contributed by atoms with Gasteiger partial charge < -0.3 is 29.2 Å². The summed E-state index contributed by atoms with van der Waals surface area (Å²) in [5.74, 6) is 0.237. The Balaban J connectivity index is 1.28. The zero-order valence-electron chi connectivity index (χ0n) is 19.3. The molecule has 0 bridgehead atoms. The monoisotopic (exact) mass is 512 g/mol. The first-order valence-electron chi connectivity index (χ1n) is 11.7. The molecule has 0 radical (unpaired) electrons. The van der Waals surface area contributed by atoms with E-state index in [9.17, 15) is 19.7 Å². The normalized spacial score (nSPS) is 22.1. The molecule has 1 aliphatic heterocycles. The second-order valence-electron chi connectivity index (χ2n) is 8.97. The summed E-state index contributed by atoms with van der Waals surface area (Å²) in [5, 5.41) is 31.1. The Hall–Kier alpha value is -2.94. The number of halogens is 2. The van der Waals surface area contributed by atoms with Gasteiger partial charge in [-0.1, -0.05) is 48.0 Å². The number of ether oxygens (including phenoxy) is 2. The quantitative estimate of drug-likeness (QED) is 0.325. The van der Waals surface area contributed by atoms with Crippen molar-refractivity contribution >= 4 is 22.6 Å². The third-order valence-electron chi connectivity index (χ3n) is 6.43. The minimum Gasteiger partial charge on any atom is -0.483 e. The molecule has 1 aliphatic rings. The Morgan fingerprint density at radius 2 is 1.86 bits per heavy atom. The van der Waals surface area contributed by atoms with Gasteiger partial charge in [-0.3, -0.25) is 0 Å². The molecular formula is C28H26ClFO6. The van der Waals surface area contributed by atoms with Crippen molar-refractivity contribution in [1.82, 2.24) is 0 Å². The van der Waals surface area contributed by atoms with E-state index in [0.717, 1.165) is 22.1 Å². The SMILES string of the molecule is OC[C@H]1O[C@@H](c2ccc(Cl)c(Cc3ccc(OCc4cc5ccccc5o4)c(F)c3)c2)C[C@@H](O)[C@@H]1O. The van der Waals surface area contributed by atoms with Gasteiger partial charge in [0.2, 0.25) is 0 Å². The number of rotatable bonds is 7. The standard InChI is InChI=1S/C28H26ClFO6/c29-21-7-6-18(26-13-23(32)28(33)27(14-31)36-26)11-19(21)9-16-5-8-25(22(30)10-16)34-15-20-12-17-3-1-2-4-24(17)35-20/h1-8,10-12,23,26-28,31-33H,9,13-15H2/t23-,26-,27-,28+/m1/s1. The van der Waals surface area contributed by atoms with Crippen molar-refractivity contribution in [3.63, 3.8) is 0 Å². The molecule has 4 atom stereocenters. The first-order chi connectivity index (χ1) is 17.4. The summed E-state index contributed by atoms with van der Waals surface area (Å²) in [6.45, 7) is -0.297. The van der Waals surface area contributed by atoms with Gasteiger partial charge in [0.1, 0.15) is 30.2 Å². The second kappa shape index (κ2) is 10.6. The number of benzene rings is 3. The van der Waals surface area contributed by atoms with Crippen LogP contribution in [0.5, 0.6) is 5.75 Å². The van der Waals surface area contributed by atoms with Gasteiger partial charge in [0, 0.05) is 16.8 Å². The zero-order chi connectivity index (χ0) is 25.2. The van der Waals surface area contributed by atoms with Crippen molar-refractivity contribution in [3.05, 3.63) is 100 Å². The van der Waals surface area contributed by atoms with Crippen molar-refractivity contribution in [1.29, 1.82) is 0 Å². The Morgan fingerprint density at radius 3 is 2.64 bits per heavy atom. The van der Waals surface area contributed by atoms with Crippen LogP contribution in [0.3, 0.4) is 0 Å². The molecule has 0 unspecified atom stereocenters. The Labute approximate surface area is 212 Å². The predicted octanol–water partition coefficient (Wildman–Crippen LogP) is 4.94. The second-order valence-corrected chi connectivity index (χ2v) is 9.38. The lowest BCUT2D eigenvalue weighted by Gasteiger charge is -2.36. The number of hydrogen-bond acceptors (Lipinski definition) is 6. The van der Waals surface area contributed by atoms with Crippen LogP contribution in [0.1, 0.15) is 35.0 Å². The van der Waals surface area contributed by atoms with Crippen molar-refractivity contribution in [3.8, 4) is 5.75 Å². The van der Waals surface area contributed by atoms with Crippen LogP contribution in [0.4, 0.5) is 4.39 Å². The molecular weight excluding hydrogens is 487 g/mol. The average Bonchev–Trinajstić information content (AvgIpc) is 3.29. The summed E-state index contributed by atoms with van der Waals surface area (Å²) in [4.78, 5) is 0. The number of furan rings is 1. The Kier molecular flexibility index (Phi) is 7.27. The van der Waals surface area contributed by atoms with Gasteiger partial charge in [0.05, 0.1) is 18.8 Å². The number of para-hydroxylation sites is 1. The first-order valence-corrected chi connectivity index (χ1v) is 12.1. The molecule has 5 rings (SSSR count).